The van der Waals surface area contributed by atoms with Crippen molar-refractivity contribution in [1.29, 1.82) is 0 Å². The molecule has 78 valence electrons. The van der Waals surface area contributed by atoms with Crippen LogP contribution in [0.25, 0.3) is 0 Å². The van der Waals surface area contributed by atoms with Crippen molar-refractivity contribution in [3.05, 3.63) is 42.0 Å². The number of rotatable bonds is 3. The van der Waals surface area contributed by atoms with Gasteiger partial charge in [-0.05, 0) is 24.6 Å². The molecule has 1 rings (SSSR count). The number of carboxylic acid groups (broad SMARTS) is 1. The van der Waals surface area contributed by atoms with Gasteiger partial charge < -0.3 is 9.84 Å². The third kappa shape index (κ3) is 4.08. The first-order valence-electron chi connectivity index (χ1n) is 4.27. The molecule has 0 heterocycles. The van der Waals surface area contributed by atoms with E-state index in [0.29, 0.717) is 5.75 Å². The maximum atomic E-state index is 11.1. The number of carboxylic acids is 1. The number of aliphatic carboxylic acids is 1. The lowest BCUT2D eigenvalue weighted by Gasteiger charge is -2.01. The number of esters is 1. The molecule has 0 radical (unpaired) electrons. The predicted octanol–water partition coefficient (Wildman–Crippen LogP) is 1.54. The van der Waals surface area contributed by atoms with E-state index in [0.717, 1.165) is 17.7 Å². The molecule has 0 spiro atoms. The number of benzene rings is 1. The van der Waals surface area contributed by atoms with Crippen LogP contribution in [0.5, 0.6) is 5.75 Å². The van der Waals surface area contributed by atoms with Crippen LogP contribution < -0.4 is 4.74 Å². The van der Waals surface area contributed by atoms with Crippen LogP contribution in [0.15, 0.2) is 36.4 Å². The molecule has 4 heteroatoms. The summed E-state index contributed by atoms with van der Waals surface area (Å²) in [5.74, 6) is -1.49. The lowest BCUT2D eigenvalue weighted by atomic mass is 10.2. The molecule has 0 saturated carbocycles. The monoisotopic (exact) mass is 206 g/mol. The summed E-state index contributed by atoms with van der Waals surface area (Å²) in [5, 5.41) is 8.28. The van der Waals surface area contributed by atoms with Gasteiger partial charge in [-0.2, -0.15) is 0 Å². The highest BCUT2D eigenvalue weighted by molar-refractivity contribution is 5.91. The second kappa shape index (κ2) is 4.95. The van der Waals surface area contributed by atoms with E-state index in [-0.39, 0.29) is 0 Å². The van der Waals surface area contributed by atoms with Gasteiger partial charge in [0.1, 0.15) is 5.75 Å². The van der Waals surface area contributed by atoms with E-state index in [2.05, 4.69) is 0 Å². The zero-order valence-electron chi connectivity index (χ0n) is 8.14. The lowest BCUT2D eigenvalue weighted by molar-refractivity contribution is -0.133. The number of aryl methyl sites for hydroxylation is 1. The van der Waals surface area contributed by atoms with Gasteiger partial charge in [-0.25, -0.2) is 9.59 Å². The molecule has 0 bridgehead atoms. The van der Waals surface area contributed by atoms with Gasteiger partial charge in [0, 0.05) is 12.2 Å². The molecule has 0 saturated heterocycles. The average molecular weight is 206 g/mol. The Bertz CT molecular complexity index is 407. The minimum Gasteiger partial charge on any atom is -0.478 e. The maximum absolute atomic E-state index is 11.1. The normalized spacial score (nSPS) is 10.2. The maximum Gasteiger partial charge on any atom is 0.336 e. The number of hydrogen-bond acceptors (Lipinski definition) is 3. The molecule has 0 amide bonds. The smallest absolute Gasteiger partial charge is 0.336 e. The Morgan fingerprint density at radius 2 is 2.07 bits per heavy atom. The molecule has 4 nitrogen and oxygen atoms in total. The van der Waals surface area contributed by atoms with E-state index in [1.165, 1.54) is 0 Å². The van der Waals surface area contributed by atoms with E-state index < -0.39 is 11.9 Å². The first kappa shape index (κ1) is 11.0. The molecular weight excluding hydrogens is 196 g/mol. The van der Waals surface area contributed by atoms with Crippen LogP contribution in [-0.4, -0.2) is 17.0 Å². The van der Waals surface area contributed by atoms with Crippen LogP contribution in [-0.2, 0) is 9.59 Å². The van der Waals surface area contributed by atoms with Crippen LogP contribution in [0.2, 0.25) is 0 Å². The van der Waals surface area contributed by atoms with Crippen LogP contribution in [0.3, 0.4) is 0 Å². The molecule has 1 aromatic rings. The van der Waals surface area contributed by atoms with Gasteiger partial charge in [0.2, 0.25) is 0 Å². The van der Waals surface area contributed by atoms with Crippen molar-refractivity contribution in [2.24, 2.45) is 0 Å². The third-order valence-corrected chi connectivity index (χ3v) is 1.57. The zero-order valence-corrected chi connectivity index (χ0v) is 8.14. The molecule has 0 unspecified atom stereocenters. The number of carbonyl (C=O) groups is 2. The first-order valence-corrected chi connectivity index (χ1v) is 4.27. The van der Waals surface area contributed by atoms with Gasteiger partial charge in [0.05, 0.1) is 0 Å². The molecule has 0 fully saturated rings. The van der Waals surface area contributed by atoms with Crippen molar-refractivity contribution in [1.82, 2.24) is 0 Å². The van der Waals surface area contributed by atoms with Crippen LogP contribution in [0.4, 0.5) is 0 Å². The van der Waals surface area contributed by atoms with Gasteiger partial charge >= 0.3 is 11.9 Å². The SMILES string of the molecule is Cc1cccc(OC(=O)/C=C\C(=O)O)c1. The van der Waals surface area contributed by atoms with Gasteiger partial charge in [-0.1, -0.05) is 12.1 Å². The number of carbonyl (C=O) groups excluding carboxylic acids is 1. The fourth-order valence-corrected chi connectivity index (χ4v) is 0.968. The van der Waals surface area contributed by atoms with Crippen molar-refractivity contribution in [3.8, 4) is 5.75 Å². The van der Waals surface area contributed by atoms with E-state index in [4.69, 9.17) is 9.84 Å². The van der Waals surface area contributed by atoms with Crippen LogP contribution >= 0.6 is 0 Å². The van der Waals surface area contributed by atoms with Gasteiger partial charge in [0.25, 0.3) is 0 Å². The quantitative estimate of drug-likeness (QED) is 0.463. The highest BCUT2D eigenvalue weighted by Crippen LogP contribution is 2.12. The Hall–Kier alpha value is -2.10. The molecule has 1 aromatic carbocycles. The molecule has 0 aliphatic heterocycles. The van der Waals surface area contributed by atoms with E-state index in [9.17, 15) is 9.59 Å². The summed E-state index contributed by atoms with van der Waals surface area (Å²) in [4.78, 5) is 21.2. The fourth-order valence-electron chi connectivity index (χ4n) is 0.968. The Balaban J connectivity index is 2.63. The molecule has 15 heavy (non-hydrogen) atoms. The molecule has 0 aliphatic carbocycles. The van der Waals surface area contributed by atoms with Crippen molar-refractivity contribution < 1.29 is 19.4 Å². The second-order valence-corrected chi connectivity index (χ2v) is 2.91. The fraction of sp³-hybridized carbons (Fsp3) is 0.0909. The Morgan fingerprint density at radius 3 is 2.67 bits per heavy atom. The minimum atomic E-state index is -1.18. The summed E-state index contributed by atoms with van der Waals surface area (Å²) in [7, 11) is 0. The van der Waals surface area contributed by atoms with Crippen LogP contribution in [0, 0.1) is 6.92 Å². The van der Waals surface area contributed by atoms with E-state index >= 15 is 0 Å². The van der Waals surface area contributed by atoms with E-state index in [1.807, 2.05) is 13.0 Å². The van der Waals surface area contributed by atoms with Crippen molar-refractivity contribution in [3.63, 3.8) is 0 Å². The van der Waals surface area contributed by atoms with E-state index in [1.54, 1.807) is 18.2 Å². The average Bonchev–Trinajstić information content (AvgIpc) is 2.15. The van der Waals surface area contributed by atoms with Gasteiger partial charge in [-0.3, -0.25) is 0 Å². The molecular formula is C11H10O4. The van der Waals surface area contributed by atoms with Crippen LogP contribution in [0.1, 0.15) is 5.56 Å². The summed E-state index contributed by atoms with van der Waals surface area (Å²) in [6, 6.07) is 6.93. The molecule has 0 aliphatic rings. The van der Waals surface area contributed by atoms with Gasteiger partial charge in [-0.15, -0.1) is 0 Å². The first-order chi connectivity index (χ1) is 7.08. The zero-order chi connectivity index (χ0) is 11.3. The van der Waals surface area contributed by atoms with Crippen molar-refractivity contribution >= 4 is 11.9 Å². The number of ether oxygens (including phenoxy) is 1. The van der Waals surface area contributed by atoms with Crippen molar-refractivity contribution in [2.75, 3.05) is 0 Å². The summed E-state index contributed by atoms with van der Waals surface area (Å²) in [6.45, 7) is 1.87. The second-order valence-electron chi connectivity index (χ2n) is 2.91. The summed E-state index contributed by atoms with van der Waals surface area (Å²) < 4.78 is 4.86. The minimum absolute atomic E-state index is 0.398. The lowest BCUT2D eigenvalue weighted by Crippen LogP contribution is -2.04. The largest absolute Gasteiger partial charge is 0.478 e. The predicted molar refractivity (Wildman–Crippen MR) is 53.6 cm³/mol. The summed E-state index contributed by atoms with van der Waals surface area (Å²) in [5.41, 5.74) is 0.961. The Labute approximate surface area is 86.8 Å². The highest BCUT2D eigenvalue weighted by atomic mass is 16.5. The summed E-state index contributed by atoms with van der Waals surface area (Å²) in [6.07, 6.45) is 1.60. The Kier molecular flexibility index (Phi) is 3.62. The number of hydrogen-bond donors (Lipinski definition) is 1. The Morgan fingerprint density at radius 1 is 1.33 bits per heavy atom. The molecule has 1 N–H and O–H groups in total. The van der Waals surface area contributed by atoms with Crippen molar-refractivity contribution in [2.45, 2.75) is 6.92 Å². The topological polar surface area (TPSA) is 63.6 Å². The molecule has 0 atom stereocenters. The summed E-state index contributed by atoms with van der Waals surface area (Å²) >= 11 is 0. The molecule has 0 aromatic heterocycles. The van der Waals surface area contributed by atoms with Gasteiger partial charge in [0.15, 0.2) is 0 Å². The highest BCUT2D eigenvalue weighted by Gasteiger charge is 2.00. The third-order valence-electron chi connectivity index (χ3n) is 1.57. The standard InChI is InChI=1S/C11H10O4/c1-8-3-2-4-9(7-8)15-11(14)6-5-10(12)13/h2-7H,1H3,(H,12,13)/b6-5-.